The summed E-state index contributed by atoms with van der Waals surface area (Å²) in [7, 11) is 1.58. The van der Waals surface area contributed by atoms with E-state index in [-0.39, 0.29) is 0 Å². The Labute approximate surface area is 160 Å². The highest BCUT2D eigenvalue weighted by Gasteiger charge is 2.36. The van der Waals surface area contributed by atoms with Crippen molar-refractivity contribution in [3.63, 3.8) is 0 Å². The van der Waals surface area contributed by atoms with E-state index in [4.69, 9.17) is 16.3 Å². The number of halogens is 1. The number of aromatic amines is 1. The first-order valence-corrected chi connectivity index (χ1v) is 8.85. The maximum absolute atomic E-state index is 12.4. The number of fused-ring (bicyclic) bond motifs is 3. The van der Waals surface area contributed by atoms with Crippen molar-refractivity contribution in [3.05, 3.63) is 64.3 Å². The molecule has 1 atom stereocenters. The zero-order valence-electron chi connectivity index (χ0n) is 14.5. The summed E-state index contributed by atoms with van der Waals surface area (Å²) in [6.07, 6.45) is 0.557. The summed E-state index contributed by atoms with van der Waals surface area (Å²) in [5.74, 6) is -1.69. The molecule has 3 aromatic rings. The lowest BCUT2D eigenvalue weighted by molar-refractivity contribution is -0.157. The molecule has 0 saturated heterocycles. The molecular weight excluding hydrogens is 368 g/mol. The van der Waals surface area contributed by atoms with Crippen LogP contribution in [-0.2, 0) is 16.0 Å². The third kappa shape index (κ3) is 2.92. The standard InChI is InChI=1S/C20H17ClN2O4/c1-27-13-5-2-11(3-6-13)18-17-14(8-9-23(18)19(24)20(25)26)15-10-12(21)4-7-16(15)22-17/h2-7,10,18,22H,8-9H2,1H3,(H,25,26). The van der Waals surface area contributed by atoms with Crippen molar-refractivity contribution in [1.29, 1.82) is 0 Å². The Hall–Kier alpha value is -2.99. The Balaban J connectivity index is 1.89. The van der Waals surface area contributed by atoms with Crippen molar-refractivity contribution >= 4 is 34.4 Å². The molecule has 2 N–H and O–H groups in total. The highest BCUT2D eigenvalue weighted by atomic mass is 35.5. The van der Waals surface area contributed by atoms with Crippen LogP contribution < -0.4 is 4.74 Å². The van der Waals surface area contributed by atoms with E-state index in [2.05, 4.69) is 4.98 Å². The smallest absolute Gasteiger partial charge is 0.394 e. The van der Waals surface area contributed by atoms with E-state index in [1.807, 2.05) is 24.3 Å². The first-order chi connectivity index (χ1) is 13.0. The van der Waals surface area contributed by atoms with Gasteiger partial charge in [-0.2, -0.15) is 0 Å². The number of rotatable bonds is 2. The van der Waals surface area contributed by atoms with Crippen molar-refractivity contribution in [2.45, 2.75) is 12.5 Å². The summed E-state index contributed by atoms with van der Waals surface area (Å²) in [6, 6.07) is 12.4. The number of ether oxygens (including phenoxy) is 1. The maximum atomic E-state index is 12.4. The van der Waals surface area contributed by atoms with Gasteiger partial charge in [0, 0.05) is 28.2 Å². The van der Waals surface area contributed by atoms with Crippen LogP contribution in [0.15, 0.2) is 42.5 Å². The second kappa shape index (κ2) is 6.63. The number of hydrogen-bond donors (Lipinski definition) is 2. The molecule has 4 rings (SSSR count). The van der Waals surface area contributed by atoms with Crippen molar-refractivity contribution in [1.82, 2.24) is 9.88 Å². The van der Waals surface area contributed by atoms with Crippen LogP contribution in [0, 0.1) is 0 Å². The summed E-state index contributed by atoms with van der Waals surface area (Å²) in [5.41, 5.74) is 3.59. The average Bonchev–Trinajstić information content (AvgIpc) is 3.04. The van der Waals surface area contributed by atoms with Gasteiger partial charge in [-0.15, -0.1) is 0 Å². The fourth-order valence-electron chi connectivity index (χ4n) is 3.74. The third-order valence-corrected chi connectivity index (χ3v) is 5.20. The highest BCUT2D eigenvalue weighted by molar-refractivity contribution is 6.32. The van der Waals surface area contributed by atoms with Gasteiger partial charge in [0.25, 0.3) is 0 Å². The van der Waals surface area contributed by atoms with E-state index in [0.29, 0.717) is 23.7 Å². The van der Waals surface area contributed by atoms with E-state index < -0.39 is 17.9 Å². The molecule has 0 spiro atoms. The molecule has 7 heteroatoms. The Bertz CT molecular complexity index is 1040. The summed E-state index contributed by atoms with van der Waals surface area (Å²) >= 11 is 6.16. The van der Waals surface area contributed by atoms with E-state index in [0.717, 1.165) is 27.7 Å². The van der Waals surface area contributed by atoms with Gasteiger partial charge in [0.2, 0.25) is 0 Å². The number of methoxy groups -OCH3 is 1. The van der Waals surface area contributed by atoms with Crippen LogP contribution in [0.4, 0.5) is 0 Å². The van der Waals surface area contributed by atoms with E-state index in [1.54, 1.807) is 25.3 Å². The Morgan fingerprint density at radius 2 is 1.96 bits per heavy atom. The van der Waals surface area contributed by atoms with Gasteiger partial charge in [-0.05, 0) is 47.9 Å². The summed E-state index contributed by atoms with van der Waals surface area (Å²) < 4.78 is 5.20. The number of hydrogen-bond acceptors (Lipinski definition) is 3. The molecule has 2 aromatic carbocycles. The minimum Gasteiger partial charge on any atom is -0.497 e. The topological polar surface area (TPSA) is 82.6 Å². The molecule has 138 valence electrons. The van der Waals surface area contributed by atoms with E-state index in [1.165, 1.54) is 4.90 Å². The van der Waals surface area contributed by atoms with Gasteiger partial charge in [0.05, 0.1) is 13.2 Å². The SMILES string of the molecule is COc1ccc(C2c3[nH]c4ccc(Cl)cc4c3CCN2C(=O)C(=O)O)cc1. The Kier molecular flexibility index (Phi) is 4.28. The van der Waals surface area contributed by atoms with Crippen molar-refractivity contribution < 1.29 is 19.4 Å². The lowest BCUT2D eigenvalue weighted by atomic mass is 9.92. The number of aliphatic carboxylic acids is 1. The predicted molar refractivity (Wildman–Crippen MR) is 101 cm³/mol. The molecule has 2 heterocycles. The Morgan fingerprint density at radius 1 is 1.22 bits per heavy atom. The first-order valence-electron chi connectivity index (χ1n) is 8.47. The molecule has 1 aromatic heterocycles. The molecule has 1 aliphatic heterocycles. The van der Waals surface area contributed by atoms with Gasteiger partial charge >= 0.3 is 11.9 Å². The normalized spacial score (nSPS) is 16.2. The molecule has 0 aliphatic carbocycles. The summed E-state index contributed by atoms with van der Waals surface area (Å²) in [5, 5.41) is 10.9. The van der Waals surface area contributed by atoms with Crippen LogP contribution in [-0.4, -0.2) is 40.5 Å². The fourth-order valence-corrected chi connectivity index (χ4v) is 3.91. The van der Waals surface area contributed by atoms with Crippen LogP contribution in [0.2, 0.25) is 5.02 Å². The van der Waals surface area contributed by atoms with Crippen molar-refractivity contribution in [3.8, 4) is 5.75 Å². The molecular formula is C20H17ClN2O4. The first kappa shape index (κ1) is 17.4. The van der Waals surface area contributed by atoms with E-state index >= 15 is 0 Å². The number of H-pyrrole nitrogens is 1. The fraction of sp³-hybridized carbons (Fsp3) is 0.200. The van der Waals surface area contributed by atoms with Crippen LogP contribution >= 0.6 is 11.6 Å². The number of carbonyl (C=O) groups is 2. The number of carboxylic acid groups (broad SMARTS) is 1. The van der Waals surface area contributed by atoms with Crippen LogP contribution in [0.25, 0.3) is 10.9 Å². The zero-order valence-corrected chi connectivity index (χ0v) is 15.3. The van der Waals surface area contributed by atoms with E-state index in [9.17, 15) is 14.7 Å². The number of nitrogens with one attached hydrogen (secondary N) is 1. The van der Waals surface area contributed by atoms with Gasteiger partial charge in [-0.25, -0.2) is 4.79 Å². The lowest BCUT2D eigenvalue weighted by Crippen LogP contribution is -2.43. The van der Waals surface area contributed by atoms with Crippen molar-refractivity contribution in [2.75, 3.05) is 13.7 Å². The molecule has 1 unspecified atom stereocenters. The number of carbonyl (C=O) groups excluding carboxylic acids is 1. The van der Waals surface area contributed by atoms with Gasteiger partial charge in [0.1, 0.15) is 5.75 Å². The van der Waals surface area contributed by atoms with Gasteiger partial charge in [0.15, 0.2) is 0 Å². The predicted octanol–water partition coefficient (Wildman–Crippen LogP) is 3.39. The number of nitrogens with zero attached hydrogens (tertiary/aromatic N) is 1. The monoisotopic (exact) mass is 384 g/mol. The molecule has 0 bridgehead atoms. The zero-order chi connectivity index (χ0) is 19.1. The highest BCUT2D eigenvalue weighted by Crippen LogP contribution is 2.39. The molecule has 0 radical (unpaired) electrons. The molecule has 1 amide bonds. The molecule has 6 nitrogen and oxygen atoms in total. The second-order valence-electron chi connectivity index (χ2n) is 6.44. The molecule has 0 fully saturated rings. The van der Waals surface area contributed by atoms with Crippen LogP contribution in [0.5, 0.6) is 5.75 Å². The summed E-state index contributed by atoms with van der Waals surface area (Å²) in [6.45, 7) is 0.314. The van der Waals surface area contributed by atoms with Gasteiger partial charge in [-0.3, -0.25) is 4.79 Å². The number of carboxylic acids is 1. The number of amides is 1. The Morgan fingerprint density at radius 3 is 2.63 bits per heavy atom. The largest absolute Gasteiger partial charge is 0.497 e. The van der Waals surface area contributed by atoms with Crippen molar-refractivity contribution in [2.24, 2.45) is 0 Å². The average molecular weight is 385 g/mol. The minimum atomic E-state index is -1.46. The number of aromatic nitrogens is 1. The molecule has 0 saturated carbocycles. The van der Waals surface area contributed by atoms with Gasteiger partial charge in [-0.1, -0.05) is 23.7 Å². The number of benzene rings is 2. The molecule has 27 heavy (non-hydrogen) atoms. The maximum Gasteiger partial charge on any atom is 0.394 e. The van der Waals surface area contributed by atoms with Crippen LogP contribution in [0.3, 0.4) is 0 Å². The quantitative estimate of drug-likeness (QED) is 0.663. The van der Waals surface area contributed by atoms with Gasteiger partial charge < -0.3 is 19.7 Å². The summed E-state index contributed by atoms with van der Waals surface area (Å²) in [4.78, 5) is 28.5. The third-order valence-electron chi connectivity index (χ3n) is 4.96. The second-order valence-corrected chi connectivity index (χ2v) is 6.87. The van der Waals surface area contributed by atoms with Crippen LogP contribution in [0.1, 0.15) is 22.9 Å². The molecule has 1 aliphatic rings. The minimum absolute atomic E-state index is 0.314. The lowest BCUT2D eigenvalue weighted by Gasteiger charge is -2.35.